The van der Waals surface area contributed by atoms with Crippen LogP contribution in [0.1, 0.15) is 45.2 Å². The highest BCUT2D eigenvalue weighted by molar-refractivity contribution is 5.81. The quantitative estimate of drug-likeness (QED) is 0.105. The third-order valence-corrected chi connectivity index (χ3v) is 8.76. The molecule has 2 fully saturated rings. The number of rotatable bonds is 19. The first-order valence-electron chi connectivity index (χ1n) is 18.7. The highest BCUT2D eigenvalue weighted by Crippen LogP contribution is 2.34. The second kappa shape index (κ2) is 22.6. The van der Waals surface area contributed by atoms with Crippen molar-refractivity contribution in [3.8, 4) is 0 Å². The number of esters is 3. The average Bonchev–Trinajstić information content (AvgIpc) is 3.16. The van der Waals surface area contributed by atoms with Crippen LogP contribution in [0.5, 0.6) is 0 Å². The highest BCUT2D eigenvalue weighted by atomic mass is 19.4. The third-order valence-electron chi connectivity index (χ3n) is 8.76. The Morgan fingerprint density at radius 3 is 1.69 bits per heavy atom. The number of hydrogen-bond acceptors (Lipinski definition) is 15. The minimum Gasteiger partial charge on any atom is -0.457 e. The van der Waals surface area contributed by atoms with Gasteiger partial charge in [-0.2, -0.15) is 13.2 Å². The molecule has 20 heteroatoms. The molecule has 2 aliphatic heterocycles. The summed E-state index contributed by atoms with van der Waals surface area (Å²) < 4.78 is 91.5. The molecule has 10 atom stereocenters. The van der Waals surface area contributed by atoms with Gasteiger partial charge in [0.15, 0.2) is 30.9 Å². The Kier molecular flexibility index (Phi) is 18.0. The summed E-state index contributed by atoms with van der Waals surface area (Å²) in [4.78, 5) is 61.1. The molecule has 0 saturated carbocycles. The molecule has 0 unspecified atom stereocenters. The molecule has 0 aromatic heterocycles. The van der Waals surface area contributed by atoms with Gasteiger partial charge in [0.1, 0.15) is 30.5 Å². The van der Waals surface area contributed by atoms with E-state index in [1.165, 1.54) is 0 Å². The van der Waals surface area contributed by atoms with Gasteiger partial charge in [-0.15, -0.1) is 0 Å². The summed E-state index contributed by atoms with van der Waals surface area (Å²) in [6.07, 6.45) is -18.6. The zero-order chi connectivity index (χ0) is 43.1. The molecule has 59 heavy (non-hydrogen) atoms. The largest absolute Gasteiger partial charge is 0.471 e. The van der Waals surface area contributed by atoms with Crippen molar-refractivity contribution in [3.05, 3.63) is 71.8 Å². The molecule has 4 rings (SSSR count). The Labute approximate surface area is 338 Å². The van der Waals surface area contributed by atoms with Gasteiger partial charge in [0.25, 0.3) is 0 Å². The van der Waals surface area contributed by atoms with E-state index in [1.54, 1.807) is 29.6 Å². The van der Waals surface area contributed by atoms with E-state index in [0.29, 0.717) is 0 Å². The summed E-state index contributed by atoms with van der Waals surface area (Å²) >= 11 is 0. The lowest BCUT2D eigenvalue weighted by Gasteiger charge is -2.49. The summed E-state index contributed by atoms with van der Waals surface area (Å²) in [7, 11) is 0. The van der Waals surface area contributed by atoms with Gasteiger partial charge in [0.2, 0.25) is 5.91 Å². The molecule has 17 nitrogen and oxygen atoms in total. The number of alkyl halides is 3. The van der Waals surface area contributed by atoms with Gasteiger partial charge in [0, 0.05) is 34.2 Å². The lowest BCUT2D eigenvalue weighted by Crippen LogP contribution is -2.69. The molecule has 3 N–H and O–H groups in total. The first-order chi connectivity index (χ1) is 28.0. The average molecular weight is 843 g/mol. The smallest absolute Gasteiger partial charge is 0.457 e. The number of nitrogens with one attached hydrogen (secondary N) is 2. The Balaban J connectivity index is 1.67. The zero-order valence-electron chi connectivity index (χ0n) is 32.8. The molecule has 2 saturated heterocycles. The van der Waals surface area contributed by atoms with Gasteiger partial charge in [-0.3, -0.25) is 24.0 Å². The molecule has 326 valence electrons. The van der Waals surface area contributed by atoms with Crippen LogP contribution in [-0.2, 0) is 79.8 Å². The number of hydrogen-bond donors (Lipinski definition) is 3. The van der Waals surface area contributed by atoms with E-state index in [4.69, 9.17) is 42.6 Å². The molecule has 0 bridgehead atoms. The number of benzene rings is 2. The van der Waals surface area contributed by atoms with Crippen molar-refractivity contribution in [3.63, 3.8) is 0 Å². The van der Waals surface area contributed by atoms with E-state index >= 15 is 0 Å². The normalized spacial score (nSPS) is 26.9. The first kappa shape index (κ1) is 47.0. The highest BCUT2D eigenvalue weighted by Gasteiger charge is 2.55. The lowest BCUT2D eigenvalue weighted by molar-refractivity contribution is -0.351. The molecule has 0 spiro atoms. The van der Waals surface area contributed by atoms with Crippen LogP contribution in [0.4, 0.5) is 13.2 Å². The first-order valence-corrected chi connectivity index (χ1v) is 18.7. The standard InChI is InChI=1S/C39H49F3N2O15/c1-22(45)44-30-34(55-24(3)47)33(29(21-52-19-27-14-9-6-10-15-27)57-36(30)53-17-11-16-43-38(50)39(40,41)42)59-37-35(56-25(4)48)31(49)32(54-23(2)46)28(58-37)20-51-18-26-12-7-5-8-13-26/h5-10,12-15,28-37,49H,11,16-21H2,1-4H3,(H,43,50)(H,44,45)/t28-,29-,30-,31+,32+,33-,34-,35-,36-,37+/m0/s1. The topological polar surface area (TPSA) is 213 Å². The molecule has 2 aromatic carbocycles. The monoisotopic (exact) mass is 842 g/mol. The number of halogens is 3. The maximum Gasteiger partial charge on any atom is 0.471 e. The van der Waals surface area contributed by atoms with Crippen LogP contribution in [0.3, 0.4) is 0 Å². The number of carbonyl (C=O) groups excluding carboxylic acids is 5. The van der Waals surface area contributed by atoms with Crippen LogP contribution in [-0.4, -0.2) is 129 Å². The molecule has 2 heterocycles. The number of aliphatic hydroxyl groups excluding tert-OH is 1. The van der Waals surface area contributed by atoms with Gasteiger partial charge in [-0.05, 0) is 17.5 Å². The van der Waals surface area contributed by atoms with Gasteiger partial charge in [-0.25, -0.2) is 0 Å². The Bertz CT molecular complexity index is 1670. The summed E-state index contributed by atoms with van der Waals surface area (Å²) in [5.74, 6) is -5.28. The third kappa shape index (κ3) is 14.8. The zero-order valence-corrected chi connectivity index (χ0v) is 32.8. The van der Waals surface area contributed by atoms with Crippen molar-refractivity contribution in [1.29, 1.82) is 0 Å². The summed E-state index contributed by atoms with van der Waals surface area (Å²) in [5, 5.41) is 16.0. The minimum absolute atomic E-state index is 0.0603. The second-order valence-corrected chi connectivity index (χ2v) is 13.6. The Hall–Kier alpha value is -4.70. The summed E-state index contributed by atoms with van der Waals surface area (Å²) in [6, 6.07) is 16.7. The van der Waals surface area contributed by atoms with Gasteiger partial charge in [0.05, 0.1) is 33.0 Å². The van der Waals surface area contributed by atoms with Crippen molar-refractivity contribution in [2.24, 2.45) is 0 Å². The van der Waals surface area contributed by atoms with E-state index in [-0.39, 0.29) is 39.5 Å². The molecule has 2 aromatic rings. The summed E-state index contributed by atoms with van der Waals surface area (Å²) in [6.45, 7) is 3.30. The maximum absolute atomic E-state index is 12.7. The molecular formula is C39H49F3N2O15. The van der Waals surface area contributed by atoms with Crippen LogP contribution >= 0.6 is 0 Å². The Morgan fingerprint density at radius 2 is 1.19 bits per heavy atom. The van der Waals surface area contributed by atoms with E-state index in [0.717, 1.165) is 38.8 Å². The molecule has 2 amide bonds. The SMILES string of the molecule is CC(=O)N[C@@H]1[C@@H](OCCCNC(=O)C(F)(F)F)O[C@@H](COCc2ccccc2)[C@H](O[C@H]2O[C@@H](COCc3ccccc3)[C@@H](OC(C)=O)[C@@H](O)[C@@H]2OC(C)=O)[C@H]1OC(C)=O. The molecule has 0 aliphatic carbocycles. The van der Waals surface area contributed by atoms with E-state index < -0.39 is 104 Å². The van der Waals surface area contributed by atoms with Crippen molar-refractivity contribution < 1.29 is 84.9 Å². The van der Waals surface area contributed by atoms with Crippen LogP contribution < -0.4 is 10.6 Å². The minimum atomic E-state index is -5.09. The number of aliphatic hydroxyl groups is 1. The molecule has 2 aliphatic rings. The van der Waals surface area contributed by atoms with Crippen LogP contribution in [0.2, 0.25) is 0 Å². The van der Waals surface area contributed by atoms with Crippen LogP contribution in [0, 0.1) is 0 Å². The van der Waals surface area contributed by atoms with Crippen LogP contribution in [0.25, 0.3) is 0 Å². The number of ether oxygens (including phenoxy) is 9. The van der Waals surface area contributed by atoms with Crippen molar-refractivity contribution in [2.45, 2.75) is 115 Å². The fourth-order valence-corrected chi connectivity index (χ4v) is 6.32. The van der Waals surface area contributed by atoms with Crippen molar-refractivity contribution in [2.75, 3.05) is 26.4 Å². The van der Waals surface area contributed by atoms with Gasteiger partial charge in [-0.1, -0.05) is 60.7 Å². The van der Waals surface area contributed by atoms with Gasteiger partial charge < -0.3 is 58.4 Å². The van der Waals surface area contributed by atoms with Gasteiger partial charge >= 0.3 is 30.0 Å². The maximum atomic E-state index is 12.7. The summed E-state index contributed by atoms with van der Waals surface area (Å²) in [5.41, 5.74) is 1.57. The predicted octanol–water partition coefficient (Wildman–Crippen LogP) is 2.00. The fourth-order valence-electron chi connectivity index (χ4n) is 6.32. The van der Waals surface area contributed by atoms with Crippen molar-refractivity contribution in [1.82, 2.24) is 10.6 Å². The lowest BCUT2D eigenvalue weighted by atomic mass is 9.95. The number of amides is 2. The van der Waals surface area contributed by atoms with Crippen LogP contribution in [0.15, 0.2) is 60.7 Å². The van der Waals surface area contributed by atoms with E-state index in [2.05, 4.69) is 5.32 Å². The second-order valence-electron chi connectivity index (χ2n) is 13.6. The number of carbonyl (C=O) groups is 5. The Morgan fingerprint density at radius 1 is 0.695 bits per heavy atom. The molecule has 0 radical (unpaired) electrons. The predicted molar refractivity (Wildman–Crippen MR) is 194 cm³/mol. The van der Waals surface area contributed by atoms with E-state index in [1.807, 2.05) is 36.4 Å². The van der Waals surface area contributed by atoms with E-state index in [9.17, 15) is 42.3 Å². The fraction of sp³-hybridized carbons (Fsp3) is 0.564. The van der Waals surface area contributed by atoms with Crippen molar-refractivity contribution >= 4 is 29.7 Å². The molecular weight excluding hydrogens is 793 g/mol.